The van der Waals surface area contributed by atoms with Gasteiger partial charge >= 0.3 is 6.09 Å². The molecular formula is C21H20N2O6. The summed E-state index contributed by atoms with van der Waals surface area (Å²) in [4.78, 5) is 38.7. The minimum absolute atomic E-state index is 0.00385. The average Bonchev–Trinajstić information content (AvgIpc) is 3.02. The summed E-state index contributed by atoms with van der Waals surface area (Å²) in [5.74, 6) is 0.205. The number of aromatic amines is 1. The Balaban J connectivity index is 1.67. The molecule has 1 aromatic heterocycles. The number of ether oxygens (including phenoxy) is 3. The van der Waals surface area contributed by atoms with E-state index in [0.717, 1.165) is 5.56 Å². The van der Waals surface area contributed by atoms with E-state index in [4.69, 9.17) is 14.2 Å². The minimum atomic E-state index is -0.813. The molecule has 1 fully saturated rings. The lowest BCUT2D eigenvalue weighted by Gasteiger charge is -2.19. The van der Waals surface area contributed by atoms with E-state index in [1.165, 1.54) is 6.08 Å². The van der Waals surface area contributed by atoms with Crippen molar-refractivity contribution >= 4 is 12.0 Å². The number of pyridine rings is 1. The van der Waals surface area contributed by atoms with Crippen molar-refractivity contribution in [2.45, 2.75) is 19.8 Å². The molecular weight excluding hydrogens is 376 g/mol. The van der Waals surface area contributed by atoms with Crippen LogP contribution in [0.15, 0.2) is 47.0 Å². The number of fused-ring (bicyclic) bond motifs is 1. The van der Waals surface area contributed by atoms with Crippen LogP contribution >= 0.6 is 0 Å². The highest BCUT2D eigenvalue weighted by Gasteiger charge is 2.29. The largest absolute Gasteiger partial charge is 0.486 e. The molecule has 2 N–H and O–H groups in total. The molecule has 3 heterocycles. The molecule has 2 amide bonds. The van der Waals surface area contributed by atoms with Crippen molar-refractivity contribution in [2.75, 3.05) is 13.2 Å². The summed E-state index contributed by atoms with van der Waals surface area (Å²) in [6.45, 7) is 4.83. The topological polar surface area (TPSA) is 107 Å². The molecule has 8 nitrogen and oxygen atoms in total. The normalized spacial score (nSPS) is 18.0. The fourth-order valence-electron chi connectivity index (χ4n) is 3.37. The lowest BCUT2D eigenvalue weighted by Crippen LogP contribution is -2.21. The van der Waals surface area contributed by atoms with Gasteiger partial charge < -0.3 is 19.2 Å². The lowest BCUT2D eigenvalue weighted by molar-refractivity contribution is -0.116. The summed E-state index contributed by atoms with van der Waals surface area (Å²) >= 11 is 0. The summed E-state index contributed by atoms with van der Waals surface area (Å²) in [6.07, 6.45) is 0.700. The van der Waals surface area contributed by atoms with E-state index in [1.54, 1.807) is 12.1 Å². The number of hydrogen-bond acceptors (Lipinski definition) is 6. The van der Waals surface area contributed by atoms with Gasteiger partial charge in [0.15, 0.2) is 17.3 Å². The molecule has 0 bridgehead atoms. The number of carbonyl (C=O) groups is 2. The SMILES string of the molecule is CC(C)C(/C=C1\OC(=O)NC1=O)c1ccc(-c2ccc3c(c2)OCCO3)[nH]c1=O. The van der Waals surface area contributed by atoms with E-state index >= 15 is 0 Å². The zero-order valence-corrected chi connectivity index (χ0v) is 16.0. The molecule has 2 aliphatic heterocycles. The number of hydrogen-bond donors (Lipinski definition) is 2. The number of benzene rings is 1. The van der Waals surface area contributed by atoms with Crippen LogP contribution in [0, 0.1) is 5.92 Å². The van der Waals surface area contributed by atoms with Gasteiger partial charge in [-0.25, -0.2) is 4.79 Å². The molecule has 8 heteroatoms. The summed E-state index contributed by atoms with van der Waals surface area (Å²) in [5.41, 5.74) is 1.62. The minimum Gasteiger partial charge on any atom is -0.486 e. The molecule has 0 aliphatic carbocycles. The van der Waals surface area contributed by atoms with Gasteiger partial charge in [-0.1, -0.05) is 19.9 Å². The fraction of sp³-hybridized carbons (Fsp3) is 0.286. The van der Waals surface area contributed by atoms with Crippen LogP contribution < -0.4 is 20.3 Å². The second-order valence-electron chi connectivity index (χ2n) is 7.16. The molecule has 1 aromatic carbocycles. The van der Waals surface area contributed by atoms with Crippen LogP contribution in [0.25, 0.3) is 11.3 Å². The zero-order valence-electron chi connectivity index (χ0n) is 16.0. The molecule has 29 heavy (non-hydrogen) atoms. The molecule has 4 rings (SSSR count). The van der Waals surface area contributed by atoms with Gasteiger partial charge in [0.05, 0.1) is 0 Å². The number of alkyl carbamates (subject to hydrolysis) is 1. The number of rotatable bonds is 4. The molecule has 2 aliphatic rings. The number of carbonyl (C=O) groups excluding carboxylic acids is 2. The highest BCUT2D eigenvalue weighted by molar-refractivity contribution is 6.07. The summed E-state index contributed by atoms with van der Waals surface area (Å²) in [5, 5.41) is 2.06. The Bertz CT molecular complexity index is 1070. The van der Waals surface area contributed by atoms with Crippen molar-refractivity contribution in [3.63, 3.8) is 0 Å². The molecule has 150 valence electrons. The maximum Gasteiger partial charge on any atom is 0.419 e. The average molecular weight is 396 g/mol. The smallest absolute Gasteiger partial charge is 0.419 e. The summed E-state index contributed by atoms with van der Waals surface area (Å²) in [7, 11) is 0. The highest BCUT2D eigenvalue weighted by Crippen LogP contribution is 2.34. The quantitative estimate of drug-likeness (QED) is 0.770. The van der Waals surface area contributed by atoms with Crippen molar-refractivity contribution < 1.29 is 23.8 Å². The van der Waals surface area contributed by atoms with Crippen LogP contribution in [0.3, 0.4) is 0 Å². The third-order valence-electron chi connectivity index (χ3n) is 4.84. The van der Waals surface area contributed by atoms with Gasteiger partial charge in [0.2, 0.25) is 0 Å². The second-order valence-corrected chi connectivity index (χ2v) is 7.16. The monoisotopic (exact) mass is 396 g/mol. The predicted octanol–water partition coefficient (Wildman–Crippen LogP) is 2.70. The molecule has 0 radical (unpaired) electrons. The molecule has 1 atom stereocenters. The number of cyclic esters (lactones) is 1. The number of imide groups is 1. The van der Waals surface area contributed by atoms with Gasteiger partial charge in [-0.15, -0.1) is 0 Å². The molecule has 2 aromatic rings. The van der Waals surface area contributed by atoms with Gasteiger partial charge in [0.25, 0.3) is 11.5 Å². The number of aromatic nitrogens is 1. The first kappa shape index (κ1) is 18.8. The van der Waals surface area contributed by atoms with Gasteiger partial charge in [-0.2, -0.15) is 0 Å². The van der Waals surface area contributed by atoms with Crippen molar-refractivity contribution in [1.82, 2.24) is 10.3 Å². The van der Waals surface area contributed by atoms with Gasteiger partial charge in [-0.05, 0) is 36.3 Å². The molecule has 1 saturated heterocycles. The molecule has 1 unspecified atom stereocenters. The van der Waals surface area contributed by atoms with E-state index in [9.17, 15) is 14.4 Å². The van der Waals surface area contributed by atoms with E-state index in [2.05, 4.69) is 10.3 Å². The van der Waals surface area contributed by atoms with E-state index in [-0.39, 0.29) is 17.2 Å². The van der Waals surface area contributed by atoms with Crippen LogP contribution in [-0.4, -0.2) is 30.2 Å². The fourth-order valence-corrected chi connectivity index (χ4v) is 3.37. The molecule has 0 saturated carbocycles. The Morgan fingerprint density at radius 1 is 1.00 bits per heavy atom. The van der Waals surface area contributed by atoms with Crippen LogP contribution in [0.2, 0.25) is 0 Å². The van der Waals surface area contributed by atoms with E-state index in [0.29, 0.717) is 36.0 Å². The standard InChI is InChI=1S/C21H20N2O6/c1-11(2)14(10-18-20(25)23-21(26)29-18)13-4-5-15(22-19(13)24)12-3-6-16-17(9-12)28-8-7-27-16/h3-6,9-11,14H,7-8H2,1-2H3,(H,22,24)(H,23,25,26)/b18-10-. The number of nitrogens with one attached hydrogen (secondary N) is 2. The predicted molar refractivity (Wildman–Crippen MR) is 104 cm³/mol. The number of H-pyrrole nitrogens is 1. The lowest BCUT2D eigenvalue weighted by atomic mass is 9.88. The first-order valence-electron chi connectivity index (χ1n) is 9.30. The summed E-state index contributed by atoms with van der Waals surface area (Å²) < 4.78 is 16.0. The van der Waals surface area contributed by atoms with Gasteiger partial charge in [0.1, 0.15) is 13.2 Å². The maximum atomic E-state index is 12.8. The van der Waals surface area contributed by atoms with Crippen molar-refractivity contribution in [3.05, 3.63) is 58.1 Å². The molecule has 0 spiro atoms. The summed E-state index contributed by atoms with van der Waals surface area (Å²) in [6, 6.07) is 9.01. The van der Waals surface area contributed by atoms with Gasteiger partial charge in [-0.3, -0.25) is 14.9 Å². The first-order valence-corrected chi connectivity index (χ1v) is 9.30. The Morgan fingerprint density at radius 3 is 2.41 bits per heavy atom. The van der Waals surface area contributed by atoms with Crippen LogP contribution in [0.1, 0.15) is 25.3 Å². The first-order chi connectivity index (χ1) is 13.9. The van der Waals surface area contributed by atoms with Crippen LogP contribution in [0.4, 0.5) is 4.79 Å². The Kier molecular flexibility index (Phi) is 4.84. The van der Waals surface area contributed by atoms with Gasteiger partial charge in [0, 0.05) is 22.7 Å². The third kappa shape index (κ3) is 3.73. The van der Waals surface area contributed by atoms with Crippen LogP contribution in [-0.2, 0) is 9.53 Å². The number of allylic oxidation sites excluding steroid dienone is 1. The highest BCUT2D eigenvalue weighted by atomic mass is 16.6. The van der Waals surface area contributed by atoms with E-state index in [1.807, 2.05) is 32.0 Å². The Morgan fingerprint density at radius 2 is 1.76 bits per heavy atom. The van der Waals surface area contributed by atoms with Crippen LogP contribution in [0.5, 0.6) is 11.5 Å². The zero-order chi connectivity index (χ0) is 20.5. The Hall–Kier alpha value is -3.55. The maximum absolute atomic E-state index is 12.8. The van der Waals surface area contributed by atoms with E-state index < -0.39 is 17.9 Å². The Labute approximate surface area is 166 Å². The number of amides is 2. The van der Waals surface area contributed by atoms with Crippen molar-refractivity contribution in [3.8, 4) is 22.8 Å². The van der Waals surface area contributed by atoms with Crippen molar-refractivity contribution in [1.29, 1.82) is 0 Å². The van der Waals surface area contributed by atoms with Crippen molar-refractivity contribution in [2.24, 2.45) is 5.92 Å². The second kappa shape index (κ2) is 7.46. The third-order valence-corrected chi connectivity index (χ3v) is 4.84.